The molecule has 0 radical (unpaired) electrons. The second kappa shape index (κ2) is 5.40. The van der Waals surface area contributed by atoms with E-state index in [1.165, 1.54) is 19.3 Å². The van der Waals surface area contributed by atoms with Gasteiger partial charge < -0.3 is 10.1 Å². The van der Waals surface area contributed by atoms with Gasteiger partial charge in [0, 0.05) is 18.2 Å². The number of nitrogens with zero attached hydrogens (tertiary/aromatic N) is 1. The minimum Gasteiger partial charge on any atom is -0.490 e. The molecule has 1 N–H and O–H groups in total. The lowest BCUT2D eigenvalue weighted by Gasteiger charge is -2.40. The predicted molar refractivity (Wildman–Crippen MR) is 74.4 cm³/mol. The molecule has 2 heterocycles. The third-order valence-electron chi connectivity index (χ3n) is 4.04. The summed E-state index contributed by atoms with van der Waals surface area (Å²) in [6.07, 6.45) is 6.23. The number of benzene rings is 1. The van der Waals surface area contributed by atoms with Gasteiger partial charge in [0.15, 0.2) is 0 Å². The van der Waals surface area contributed by atoms with Crippen LogP contribution in [0, 0.1) is 11.3 Å². The SMILES string of the molecule is N#Cc1ccc(OC2CC3CCCC(C2)N3)cc1Cl. The molecule has 1 aromatic rings. The molecule has 2 aliphatic rings. The first-order valence-corrected chi connectivity index (χ1v) is 7.25. The normalized spacial score (nSPS) is 29.6. The fraction of sp³-hybridized carbons (Fsp3) is 0.533. The van der Waals surface area contributed by atoms with Crippen LogP contribution < -0.4 is 10.1 Å². The van der Waals surface area contributed by atoms with Crippen LogP contribution in [-0.2, 0) is 0 Å². The van der Waals surface area contributed by atoms with Crippen LogP contribution in [0.15, 0.2) is 18.2 Å². The first-order chi connectivity index (χ1) is 9.24. The van der Waals surface area contributed by atoms with Crippen molar-refractivity contribution in [3.63, 3.8) is 0 Å². The maximum Gasteiger partial charge on any atom is 0.121 e. The van der Waals surface area contributed by atoms with Crippen LogP contribution in [0.25, 0.3) is 0 Å². The Morgan fingerprint density at radius 1 is 1.26 bits per heavy atom. The standard InChI is InChI=1S/C15H17ClN2O/c16-15-8-13(5-4-10(15)9-17)19-14-6-11-2-1-3-12(7-14)18-11/h4-5,8,11-12,14,18H,1-3,6-7H2. The fourth-order valence-corrected chi connectivity index (χ4v) is 3.37. The van der Waals surface area contributed by atoms with E-state index < -0.39 is 0 Å². The quantitative estimate of drug-likeness (QED) is 0.902. The molecule has 2 atom stereocenters. The van der Waals surface area contributed by atoms with Crippen molar-refractivity contribution in [2.45, 2.75) is 50.3 Å². The molecule has 0 aromatic heterocycles. The lowest BCUT2D eigenvalue weighted by molar-refractivity contribution is 0.0927. The fourth-order valence-electron chi connectivity index (χ4n) is 3.16. The van der Waals surface area contributed by atoms with E-state index in [0.717, 1.165) is 18.6 Å². The van der Waals surface area contributed by atoms with Crippen molar-refractivity contribution >= 4 is 11.6 Å². The molecule has 100 valence electrons. The summed E-state index contributed by atoms with van der Waals surface area (Å²) in [5.41, 5.74) is 0.496. The molecular weight excluding hydrogens is 260 g/mol. The van der Waals surface area contributed by atoms with Gasteiger partial charge in [-0.1, -0.05) is 18.0 Å². The third-order valence-corrected chi connectivity index (χ3v) is 4.35. The van der Waals surface area contributed by atoms with Crippen molar-refractivity contribution in [1.82, 2.24) is 5.32 Å². The maximum absolute atomic E-state index is 8.86. The number of piperidine rings is 2. The summed E-state index contributed by atoms with van der Waals surface area (Å²) in [7, 11) is 0. The molecule has 19 heavy (non-hydrogen) atoms. The van der Waals surface area contributed by atoms with E-state index in [4.69, 9.17) is 21.6 Å². The maximum atomic E-state index is 8.86. The lowest BCUT2D eigenvalue weighted by Crippen LogP contribution is -2.51. The van der Waals surface area contributed by atoms with Crippen LogP contribution in [0.5, 0.6) is 5.75 Å². The molecule has 2 unspecified atom stereocenters. The highest BCUT2D eigenvalue weighted by atomic mass is 35.5. The van der Waals surface area contributed by atoms with Gasteiger partial charge in [-0.3, -0.25) is 0 Å². The summed E-state index contributed by atoms with van der Waals surface area (Å²) in [6.45, 7) is 0. The predicted octanol–water partition coefficient (Wildman–Crippen LogP) is 3.26. The smallest absolute Gasteiger partial charge is 0.121 e. The Kier molecular flexibility index (Phi) is 3.63. The van der Waals surface area contributed by atoms with Gasteiger partial charge >= 0.3 is 0 Å². The van der Waals surface area contributed by atoms with Crippen LogP contribution in [0.4, 0.5) is 0 Å². The third kappa shape index (κ3) is 2.86. The molecule has 2 saturated heterocycles. The van der Waals surface area contributed by atoms with Gasteiger partial charge in [-0.25, -0.2) is 0 Å². The Hall–Kier alpha value is -1.24. The van der Waals surface area contributed by atoms with Crippen molar-refractivity contribution in [2.75, 3.05) is 0 Å². The van der Waals surface area contributed by atoms with Crippen molar-refractivity contribution in [3.8, 4) is 11.8 Å². The second-order valence-corrected chi connectivity index (χ2v) is 5.86. The van der Waals surface area contributed by atoms with E-state index in [1.807, 2.05) is 6.07 Å². The van der Waals surface area contributed by atoms with Crippen molar-refractivity contribution < 1.29 is 4.74 Å². The molecule has 3 rings (SSSR count). The molecule has 2 bridgehead atoms. The summed E-state index contributed by atoms with van der Waals surface area (Å²) in [5.74, 6) is 0.772. The number of nitriles is 1. The lowest BCUT2D eigenvalue weighted by atomic mass is 9.85. The number of hydrogen-bond acceptors (Lipinski definition) is 3. The first kappa shape index (κ1) is 12.8. The molecule has 0 saturated carbocycles. The Balaban J connectivity index is 1.68. The minimum absolute atomic E-state index is 0.264. The Morgan fingerprint density at radius 3 is 2.63 bits per heavy atom. The highest BCUT2D eigenvalue weighted by Crippen LogP contribution is 2.30. The van der Waals surface area contributed by atoms with E-state index >= 15 is 0 Å². The van der Waals surface area contributed by atoms with E-state index in [2.05, 4.69) is 11.4 Å². The first-order valence-electron chi connectivity index (χ1n) is 6.87. The molecule has 0 aliphatic carbocycles. The zero-order valence-electron chi connectivity index (χ0n) is 10.7. The molecule has 3 nitrogen and oxygen atoms in total. The zero-order chi connectivity index (χ0) is 13.2. The van der Waals surface area contributed by atoms with Crippen LogP contribution >= 0.6 is 11.6 Å². The topological polar surface area (TPSA) is 45.0 Å². The van der Waals surface area contributed by atoms with Crippen LogP contribution in [0.3, 0.4) is 0 Å². The van der Waals surface area contributed by atoms with Gasteiger partial charge in [0.2, 0.25) is 0 Å². The number of rotatable bonds is 2. The van der Waals surface area contributed by atoms with Crippen molar-refractivity contribution in [2.24, 2.45) is 0 Å². The molecular formula is C15H17ClN2O. The molecule has 4 heteroatoms. The van der Waals surface area contributed by atoms with Crippen LogP contribution in [0.1, 0.15) is 37.7 Å². The number of halogens is 1. The van der Waals surface area contributed by atoms with Crippen LogP contribution in [-0.4, -0.2) is 18.2 Å². The molecule has 2 aliphatic heterocycles. The summed E-state index contributed by atoms with van der Waals surface area (Å²) < 4.78 is 6.04. The van der Waals surface area contributed by atoms with E-state index in [9.17, 15) is 0 Å². The van der Waals surface area contributed by atoms with Gasteiger partial charge in [0.1, 0.15) is 17.9 Å². The average Bonchev–Trinajstić information content (AvgIpc) is 2.38. The van der Waals surface area contributed by atoms with Crippen molar-refractivity contribution in [1.29, 1.82) is 5.26 Å². The summed E-state index contributed by atoms with van der Waals surface area (Å²) in [5, 5.41) is 13.0. The summed E-state index contributed by atoms with van der Waals surface area (Å²) >= 11 is 6.03. The van der Waals surface area contributed by atoms with Crippen molar-refractivity contribution in [3.05, 3.63) is 28.8 Å². The number of hydrogen-bond donors (Lipinski definition) is 1. The average molecular weight is 277 g/mol. The largest absolute Gasteiger partial charge is 0.490 e. The molecule has 0 amide bonds. The summed E-state index contributed by atoms with van der Waals surface area (Å²) in [6, 6.07) is 8.57. The second-order valence-electron chi connectivity index (χ2n) is 5.46. The number of ether oxygens (including phenoxy) is 1. The Labute approximate surface area is 118 Å². The van der Waals surface area contributed by atoms with Gasteiger partial charge in [0.05, 0.1) is 10.6 Å². The minimum atomic E-state index is 0.264. The van der Waals surface area contributed by atoms with E-state index in [-0.39, 0.29) is 6.10 Å². The van der Waals surface area contributed by atoms with Crippen LogP contribution in [0.2, 0.25) is 5.02 Å². The molecule has 0 spiro atoms. The number of nitrogens with one attached hydrogen (secondary N) is 1. The highest BCUT2D eigenvalue weighted by Gasteiger charge is 2.32. The number of fused-ring (bicyclic) bond motifs is 2. The molecule has 2 fully saturated rings. The molecule has 1 aromatic carbocycles. The van der Waals surface area contributed by atoms with E-state index in [0.29, 0.717) is 22.7 Å². The summed E-state index contributed by atoms with van der Waals surface area (Å²) in [4.78, 5) is 0. The van der Waals surface area contributed by atoms with E-state index in [1.54, 1.807) is 12.1 Å². The van der Waals surface area contributed by atoms with Gasteiger partial charge in [-0.2, -0.15) is 5.26 Å². The highest BCUT2D eigenvalue weighted by molar-refractivity contribution is 6.31. The Morgan fingerprint density at radius 2 is 2.00 bits per heavy atom. The monoisotopic (exact) mass is 276 g/mol. The Bertz CT molecular complexity index is 499. The van der Waals surface area contributed by atoms with Gasteiger partial charge in [-0.15, -0.1) is 0 Å². The zero-order valence-corrected chi connectivity index (χ0v) is 11.5. The van der Waals surface area contributed by atoms with Gasteiger partial charge in [0.25, 0.3) is 0 Å². The van der Waals surface area contributed by atoms with Gasteiger partial charge in [-0.05, 0) is 37.8 Å².